The average Bonchev–Trinajstić information content (AvgIpc) is 3.35. The van der Waals surface area contributed by atoms with Gasteiger partial charge in [-0.05, 0) is 57.8 Å². The van der Waals surface area contributed by atoms with E-state index >= 15 is 0 Å². The van der Waals surface area contributed by atoms with Gasteiger partial charge in [-0.1, -0.05) is 288 Å². The van der Waals surface area contributed by atoms with E-state index in [0.29, 0.717) is 19.3 Å². The molecule has 0 bridgehead atoms. The van der Waals surface area contributed by atoms with Gasteiger partial charge in [0.05, 0.1) is 0 Å². The van der Waals surface area contributed by atoms with Gasteiger partial charge in [0.15, 0.2) is 6.10 Å². The van der Waals surface area contributed by atoms with Crippen molar-refractivity contribution in [2.45, 2.75) is 322 Å². The van der Waals surface area contributed by atoms with Gasteiger partial charge in [0, 0.05) is 19.3 Å². The van der Waals surface area contributed by atoms with Crippen LogP contribution >= 0.6 is 0 Å². The third-order valence-electron chi connectivity index (χ3n) is 13.3. The Hall–Kier alpha value is -2.63. The van der Waals surface area contributed by atoms with Crippen LogP contribution in [0.2, 0.25) is 0 Å². The summed E-state index contributed by atoms with van der Waals surface area (Å²) in [6.45, 7) is 6.47. The minimum absolute atomic E-state index is 0.0763. The van der Waals surface area contributed by atoms with Crippen LogP contribution in [0.25, 0.3) is 0 Å². The molecule has 402 valence electrons. The summed E-state index contributed by atoms with van der Waals surface area (Å²) in [4.78, 5) is 37.8. The zero-order valence-electron chi connectivity index (χ0n) is 46.1. The van der Waals surface area contributed by atoms with Crippen molar-refractivity contribution >= 4 is 17.9 Å². The lowest BCUT2D eigenvalue weighted by Gasteiger charge is -2.18. The van der Waals surface area contributed by atoms with Crippen molar-refractivity contribution in [3.63, 3.8) is 0 Å². The first-order valence-corrected chi connectivity index (χ1v) is 30.1. The molecule has 0 aromatic rings. The van der Waals surface area contributed by atoms with Crippen molar-refractivity contribution in [3.05, 3.63) is 48.6 Å². The van der Waals surface area contributed by atoms with E-state index in [2.05, 4.69) is 69.4 Å². The highest BCUT2D eigenvalue weighted by molar-refractivity contribution is 5.71. The summed E-state index contributed by atoms with van der Waals surface area (Å²) in [7, 11) is 0. The molecule has 0 spiro atoms. The molecule has 0 radical (unpaired) electrons. The van der Waals surface area contributed by atoms with Gasteiger partial charge in [-0.3, -0.25) is 14.4 Å². The van der Waals surface area contributed by atoms with Gasteiger partial charge >= 0.3 is 17.9 Å². The molecule has 0 aromatic carbocycles. The second-order valence-electron chi connectivity index (χ2n) is 20.2. The summed E-state index contributed by atoms with van der Waals surface area (Å²) in [6, 6.07) is 0. The first kappa shape index (κ1) is 66.4. The maximum absolute atomic E-state index is 12.8. The second-order valence-corrected chi connectivity index (χ2v) is 20.2. The molecule has 1 atom stereocenters. The molecule has 1 unspecified atom stereocenters. The van der Waals surface area contributed by atoms with Crippen LogP contribution in [0.5, 0.6) is 0 Å². The molecule has 6 heteroatoms. The SMILES string of the molecule is CC/C=C\C/C=C\C/C=C\C/C=C\CCCCCCCCC(=O)OC(COC(=O)CCCCCCC)COC(=O)CCCCCCCCCCCCCCCCCCCCCCCCCCCCC. The molecule has 69 heavy (non-hydrogen) atoms. The number of carbonyl (C=O) groups excluding carboxylic acids is 3. The Balaban J connectivity index is 4.01. The summed E-state index contributed by atoms with van der Waals surface area (Å²) in [6.07, 6.45) is 71.7. The number of hydrogen-bond acceptors (Lipinski definition) is 6. The van der Waals surface area contributed by atoms with E-state index in [4.69, 9.17) is 14.2 Å². The van der Waals surface area contributed by atoms with E-state index in [-0.39, 0.29) is 31.1 Å². The van der Waals surface area contributed by atoms with E-state index in [1.54, 1.807) is 0 Å². The standard InChI is InChI=1S/C63H114O6/c1-4-7-10-13-15-17-19-21-23-25-27-28-29-30-31-32-33-34-36-37-39-41-43-45-47-50-53-56-62(65)68-59-60(58-67-61(64)55-52-49-12-9-6-3)69-63(66)57-54-51-48-46-44-42-40-38-35-26-24-22-20-18-16-14-11-8-5-2/h8,11,16,18,22,24,35,38,60H,4-7,9-10,12-15,17,19-21,23,25-34,36-37,39-59H2,1-3H3/b11-8-,18-16-,24-22-,38-35-. The fraction of sp³-hybridized carbons (Fsp3) is 0.825. The molecule has 0 amide bonds. The van der Waals surface area contributed by atoms with E-state index in [1.807, 2.05) is 0 Å². The molecule has 0 fully saturated rings. The molecule has 0 N–H and O–H groups in total. The van der Waals surface area contributed by atoms with Crippen molar-refractivity contribution in [1.82, 2.24) is 0 Å². The number of esters is 3. The van der Waals surface area contributed by atoms with Crippen LogP contribution in [0.4, 0.5) is 0 Å². The first-order chi connectivity index (χ1) is 34.0. The minimum Gasteiger partial charge on any atom is -0.462 e. The predicted molar refractivity (Wildman–Crippen MR) is 298 cm³/mol. The van der Waals surface area contributed by atoms with Gasteiger partial charge in [-0.15, -0.1) is 0 Å². The Morgan fingerprint density at radius 1 is 0.304 bits per heavy atom. The number of unbranched alkanes of at least 4 members (excludes halogenated alkanes) is 36. The quantitative estimate of drug-likeness (QED) is 0.0262. The molecular formula is C63H114O6. The lowest BCUT2D eigenvalue weighted by atomic mass is 10.0. The van der Waals surface area contributed by atoms with Crippen LogP contribution in [0, 0.1) is 0 Å². The maximum atomic E-state index is 12.8. The molecule has 0 saturated carbocycles. The van der Waals surface area contributed by atoms with Crippen molar-refractivity contribution in [2.75, 3.05) is 13.2 Å². The van der Waals surface area contributed by atoms with Crippen molar-refractivity contribution in [2.24, 2.45) is 0 Å². The Labute approximate surface area is 428 Å². The normalized spacial score (nSPS) is 12.3. The predicted octanol–water partition coefficient (Wildman–Crippen LogP) is 20.2. The van der Waals surface area contributed by atoms with Crippen LogP contribution in [-0.2, 0) is 28.6 Å². The smallest absolute Gasteiger partial charge is 0.306 e. The second kappa shape index (κ2) is 57.9. The number of carbonyl (C=O) groups is 3. The van der Waals surface area contributed by atoms with Gasteiger partial charge in [0.2, 0.25) is 0 Å². The van der Waals surface area contributed by atoms with Gasteiger partial charge in [0.1, 0.15) is 13.2 Å². The summed E-state index contributed by atoms with van der Waals surface area (Å²) in [5.41, 5.74) is 0. The van der Waals surface area contributed by atoms with Crippen LogP contribution < -0.4 is 0 Å². The maximum Gasteiger partial charge on any atom is 0.306 e. The molecule has 0 aliphatic rings. The van der Waals surface area contributed by atoms with Crippen molar-refractivity contribution in [1.29, 1.82) is 0 Å². The van der Waals surface area contributed by atoms with E-state index in [0.717, 1.165) is 103 Å². The highest BCUT2D eigenvalue weighted by Gasteiger charge is 2.19. The largest absolute Gasteiger partial charge is 0.462 e. The van der Waals surface area contributed by atoms with E-state index in [9.17, 15) is 14.4 Å². The molecule has 0 aliphatic carbocycles. The topological polar surface area (TPSA) is 78.9 Å². The van der Waals surface area contributed by atoms with Gasteiger partial charge in [0.25, 0.3) is 0 Å². The number of ether oxygens (including phenoxy) is 3. The Bertz CT molecular complexity index is 1200. The van der Waals surface area contributed by atoms with E-state index in [1.165, 1.54) is 173 Å². The summed E-state index contributed by atoms with van der Waals surface area (Å²) in [5.74, 6) is -0.891. The first-order valence-electron chi connectivity index (χ1n) is 30.1. The zero-order chi connectivity index (χ0) is 50.0. The van der Waals surface area contributed by atoms with E-state index < -0.39 is 6.10 Å². The summed E-state index contributed by atoms with van der Waals surface area (Å²) >= 11 is 0. The van der Waals surface area contributed by atoms with Gasteiger partial charge < -0.3 is 14.2 Å². The molecule has 6 nitrogen and oxygen atoms in total. The monoisotopic (exact) mass is 967 g/mol. The average molecular weight is 968 g/mol. The fourth-order valence-corrected chi connectivity index (χ4v) is 8.85. The third-order valence-corrected chi connectivity index (χ3v) is 13.3. The third kappa shape index (κ3) is 56.2. The minimum atomic E-state index is -0.775. The Morgan fingerprint density at radius 2 is 0.565 bits per heavy atom. The number of allylic oxidation sites excluding steroid dienone is 8. The highest BCUT2D eigenvalue weighted by Crippen LogP contribution is 2.17. The summed E-state index contributed by atoms with van der Waals surface area (Å²) < 4.78 is 16.7. The lowest BCUT2D eigenvalue weighted by Crippen LogP contribution is -2.30. The lowest BCUT2D eigenvalue weighted by molar-refractivity contribution is -0.167. The van der Waals surface area contributed by atoms with Crippen LogP contribution in [0.1, 0.15) is 316 Å². The Kier molecular flexibility index (Phi) is 55.7. The fourth-order valence-electron chi connectivity index (χ4n) is 8.85. The molecule has 0 heterocycles. The Morgan fingerprint density at radius 3 is 0.884 bits per heavy atom. The number of rotatable bonds is 55. The molecule has 0 aromatic heterocycles. The summed E-state index contributed by atoms with van der Waals surface area (Å²) in [5, 5.41) is 0. The van der Waals surface area contributed by atoms with Crippen molar-refractivity contribution in [3.8, 4) is 0 Å². The zero-order valence-corrected chi connectivity index (χ0v) is 46.1. The van der Waals surface area contributed by atoms with Crippen LogP contribution in [0.15, 0.2) is 48.6 Å². The molecular weight excluding hydrogens is 853 g/mol. The van der Waals surface area contributed by atoms with Gasteiger partial charge in [-0.25, -0.2) is 0 Å². The molecule has 0 rings (SSSR count). The highest BCUT2D eigenvalue weighted by atomic mass is 16.6. The number of hydrogen-bond donors (Lipinski definition) is 0. The van der Waals surface area contributed by atoms with Crippen molar-refractivity contribution < 1.29 is 28.6 Å². The van der Waals surface area contributed by atoms with Gasteiger partial charge in [-0.2, -0.15) is 0 Å². The van der Waals surface area contributed by atoms with Crippen LogP contribution in [-0.4, -0.2) is 37.2 Å². The molecule has 0 aliphatic heterocycles. The molecule has 0 saturated heterocycles. The van der Waals surface area contributed by atoms with Crippen LogP contribution in [0.3, 0.4) is 0 Å².